The van der Waals surface area contributed by atoms with E-state index in [2.05, 4.69) is 0 Å². The second-order valence-corrected chi connectivity index (χ2v) is 7.18. The van der Waals surface area contributed by atoms with Gasteiger partial charge in [0.2, 0.25) is 0 Å². The zero-order valence-corrected chi connectivity index (χ0v) is 18.2. The molecule has 3 aromatic carbocycles. The van der Waals surface area contributed by atoms with Crippen LogP contribution in [0.4, 0.5) is 11.4 Å². The third kappa shape index (κ3) is 3.71. The maximum atomic E-state index is 13.7. The third-order valence-electron chi connectivity index (χ3n) is 5.42. The van der Waals surface area contributed by atoms with Gasteiger partial charge in [0.25, 0.3) is 11.8 Å². The molecule has 1 heterocycles. The Kier molecular flexibility index (Phi) is 5.94. The Hall–Kier alpha value is -4.06. The second-order valence-electron chi connectivity index (χ2n) is 7.18. The summed E-state index contributed by atoms with van der Waals surface area (Å²) < 4.78 is 10.5. The highest BCUT2D eigenvalue weighted by molar-refractivity contribution is 6.46. The van der Waals surface area contributed by atoms with Gasteiger partial charge in [-0.1, -0.05) is 30.3 Å². The number of methoxy groups -OCH3 is 2. The second kappa shape index (κ2) is 8.98. The van der Waals surface area contributed by atoms with E-state index < -0.39 is 0 Å². The summed E-state index contributed by atoms with van der Waals surface area (Å²) in [6.07, 6.45) is 0. The van der Waals surface area contributed by atoms with Gasteiger partial charge in [0.05, 0.1) is 25.5 Å². The molecule has 0 atom stereocenters. The van der Waals surface area contributed by atoms with Gasteiger partial charge in [0.1, 0.15) is 17.2 Å². The van der Waals surface area contributed by atoms with Crippen molar-refractivity contribution in [1.29, 1.82) is 0 Å². The minimum Gasteiger partial charge on any atom is -0.497 e. The monoisotopic (exact) mass is 428 g/mol. The molecule has 0 bridgehead atoms. The van der Waals surface area contributed by atoms with Crippen molar-refractivity contribution in [3.63, 3.8) is 0 Å². The molecule has 1 aliphatic heterocycles. The summed E-state index contributed by atoms with van der Waals surface area (Å²) in [5, 5.41) is 0. The molecule has 2 amide bonds. The Labute approximate surface area is 187 Å². The van der Waals surface area contributed by atoms with Crippen molar-refractivity contribution in [3.8, 4) is 11.5 Å². The minimum atomic E-state index is -0.366. The number of benzene rings is 3. The lowest BCUT2D eigenvalue weighted by atomic mass is 10.0. The molecule has 0 saturated heterocycles. The highest BCUT2D eigenvalue weighted by Gasteiger charge is 2.42. The number of hydrogen-bond donors (Lipinski definition) is 0. The van der Waals surface area contributed by atoms with Crippen LogP contribution < -0.4 is 19.3 Å². The molecule has 1 aliphatic rings. The lowest BCUT2D eigenvalue weighted by Crippen LogP contribution is -2.35. The third-order valence-corrected chi connectivity index (χ3v) is 5.42. The summed E-state index contributed by atoms with van der Waals surface area (Å²) in [4.78, 5) is 30.4. The summed E-state index contributed by atoms with van der Waals surface area (Å²) in [6, 6.07) is 23.6. The minimum absolute atomic E-state index is 0.352. The van der Waals surface area contributed by atoms with Crippen molar-refractivity contribution in [2.24, 2.45) is 0 Å². The molecule has 0 aromatic heterocycles. The molecular weight excluding hydrogens is 404 g/mol. The number of amides is 2. The highest BCUT2D eigenvalue weighted by atomic mass is 16.5. The van der Waals surface area contributed by atoms with Gasteiger partial charge in [-0.25, -0.2) is 4.90 Å². The zero-order valence-electron chi connectivity index (χ0n) is 18.2. The SMILES string of the molecule is CCN(C1=C(c2ccc(OC)cc2)C(=O)N(c2ccc(OC)cc2)C1=O)c1ccccc1. The predicted molar refractivity (Wildman–Crippen MR) is 125 cm³/mol. The molecule has 0 spiro atoms. The highest BCUT2D eigenvalue weighted by Crippen LogP contribution is 2.37. The molecule has 0 radical (unpaired) electrons. The summed E-state index contributed by atoms with van der Waals surface area (Å²) >= 11 is 0. The molecule has 3 aromatic rings. The Morgan fingerprint density at radius 2 is 1.31 bits per heavy atom. The molecule has 0 N–H and O–H groups in total. The predicted octanol–water partition coefficient (Wildman–Crippen LogP) is 4.51. The number of nitrogens with zero attached hydrogens (tertiary/aromatic N) is 2. The number of para-hydroxylation sites is 1. The van der Waals surface area contributed by atoms with E-state index in [0.29, 0.717) is 40.6 Å². The van der Waals surface area contributed by atoms with E-state index in [1.54, 1.807) is 62.8 Å². The molecule has 4 rings (SSSR count). The normalized spacial score (nSPS) is 13.5. The Morgan fingerprint density at radius 3 is 1.84 bits per heavy atom. The standard InChI is InChI=1S/C26H24N2O4/c1-4-27(19-8-6-5-7-9-19)24-23(18-10-14-21(31-2)15-11-18)25(29)28(26(24)30)20-12-16-22(32-3)17-13-20/h5-17H,4H2,1-3H3. The summed E-state index contributed by atoms with van der Waals surface area (Å²) in [6.45, 7) is 2.48. The Morgan fingerprint density at radius 1 is 0.750 bits per heavy atom. The van der Waals surface area contributed by atoms with Crippen LogP contribution in [0.15, 0.2) is 84.6 Å². The Balaban J connectivity index is 1.86. The van der Waals surface area contributed by atoms with E-state index in [9.17, 15) is 9.59 Å². The van der Waals surface area contributed by atoms with Crippen LogP contribution in [0, 0.1) is 0 Å². The number of carbonyl (C=O) groups is 2. The first-order valence-electron chi connectivity index (χ1n) is 10.3. The average Bonchev–Trinajstić information content (AvgIpc) is 3.10. The van der Waals surface area contributed by atoms with Crippen LogP contribution in [0.3, 0.4) is 0 Å². The maximum Gasteiger partial charge on any atom is 0.282 e. The van der Waals surface area contributed by atoms with E-state index in [-0.39, 0.29) is 11.8 Å². The first-order valence-corrected chi connectivity index (χ1v) is 10.3. The summed E-state index contributed by atoms with van der Waals surface area (Å²) in [5.74, 6) is 0.595. The van der Waals surface area contributed by atoms with E-state index >= 15 is 0 Å². The lowest BCUT2D eigenvalue weighted by molar-refractivity contribution is -0.120. The van der Waals surface area contributed by atoms with Crippen molar-refractivity contribution in [3.05, 3.63) is 90.1 Å². The molecular formula is C26H24N2O4. The van der Waals surface area contributed by atoms with Gasteiger partial charge in [-0.05, 0) is 61.0 Å². The van der Waals surface area contributed by atoms with Crippen molar-refractivity contribution in [2.75, 3.05) is 30.6 Å². The van der Waals surface area contributed by atoms with Gasteiger partial charge in [-0.15, -0.1) is 0 Å². The fraction of sp³-hybridized carbons (Fsp3) is 0.154. The lowest BCUT2D eigenvalue weighted by Gasteiger charge is -2.25. The van der Waals surface area contributed by atoms with Crippen LogP contribution in [0.25, 0.3) is 5.57 Å². The van der Waals surface area contributed by atoms with E-state index in [0.717, 1.165) is 5.69 Å². The van der Waals surface area contributed by atoms with Gasteiger partial charge in [-0.2, -0.15) is 0 Å². The van der Waals surface area contributed by atoms with Crippen molar-refractivity contribution < 1.29 is 19.1 Å². The van der Waals surface area contributed by atoms with Crippen LogP contribution in [0.5, 0.6) is 11.5 Å². The van der Waals surface area contributed by atoms with Crippen LogP contribution >= 0.6 is 0 Å². The first-order chi connectivity index (χ1) is 15.6. The van der Waals surface area contributed by atoms with Crippen LogP contribution in [-0.2, 0) is 9.59 Å². The number of likely N-dealkylation sites (N-methyl/N-ethyl adjacent to an activating group) is 1. The molecule has 0 aliphatic carbocycles. The molecule has 0 unspecified atom stereocenters. The molecule has 6 heteroatoms. The largest absolute Gasteiger partial charge is 0.497 e. The van der Waals surface area contributed by atoms with Gasteiger partial charge in [-0.3, -0.25) is 9.59 Å². The fourth-order valence-corrected chi connectivity index (χ4v) is 3.83. The fourth-order valence-electron chi connectivity index (χ4n) is 3.83. The van der Waals surface area contributed by atoms with Gasteiger partial charge in [0.15, 0.2) is 0 Å². The van der Waals surface area contributed by atoms with Crippen LogP contribution in [0.2, 0.25) is 0 Å². The molecule has 162 valence electrons. The number of rotatable bonds is 7. The van der Waals surface area contributed by atoms with Gasteiger partial charge in [0, 0.05) is 12.2 Å². The first kappa shape index (κ1) is 21.2. The number of carbonyl (C=O) groups excluding carboxylic acids is 2. The number of hydrogen-bond acceptors (Lipinski definition) is 5. The van der Waals surface area contributed by atoms with Crippen LogP contribution in [0.1, 0.15) is 12.5 Å². The van der Waals surface area contributed by atoms with Crippen LogP contribution in [-0.4, -0.2) is 32.6 Å². The van der Waals surface area contributed by atoms with E-state index in [1.807, 2.05) is 42.2 Å². The topological polar surface area (TPSA) is 59.1 Å². The molecule has 0 saturated carbocycles. The van der Waals surface area contributed by atoms with E-state index in [4.69, 9.17) is 9.47 Å². The van der Waals surface area contributed by atoms with Crippen molar-refractivity contribution in [1.82, 2.24) is 0 Å². The molecule has 6 nitrogen and oxygen atoms in total. The number of imide groups is 1. The summed E-state index contributed by atoms with van der Waals surface area (Å²) in [5.41, 5.74) is 2.70. The van der Waals surface area contributed by atoms with Gasteiger partial charge >= 0.3 is 0 Å². The quantitative estimate of drug-likeness (QED) is 0.518. The zero-order chi connectivity index (χ0) is 22.7. The molecule has 0 fully saturated rings. The Bertz CT molecular complexity index is 1150. The van der Waals surface area contributed by atoms with Crippen molar-refractivity contribution in [2.45, 2.75) is 6.92 Å². The van der Waals surface area contributed by atoms with Gasteiger partial charge < -0.3 is 14.4 Å². The van der Waals surface area contributed by atoms with Crippen molar-refractivity contribution >= 4 is 28.8 Å². The maximum absolute atomic E-state index is 13.7. The smallest absolute Gasteiger partial charge is 0.282 e. The number of anilines is 2. The number of ether oxygens (including phenoxy) is 2. The summed E-state index contributed by atoms with van der Waals surface area (Å²) in [7, 11) is 3.16. The van der Waals surface area contributed by atoms with E-state index in [1.165, 1.54) is 4.90 Å². The molecule has 32 heavy (non-hydrogen) atoms. The average molecular weight is 428 g/mol.